The van der Waals surface area contributed by atoms with Gasteiger partial charge in [0.25, 0.3) is 0 Å². The highest BCUT2D eigenvalue weighted by Gasteiger charge is 2.20. The summed E-state index contributed by atoms with van der Waals surface area (Å²) in [4.78, 5) is 0. The minimum absolute atomic E-state index is 0.107. The molecule has 1 aromatic carbocycles. The van der Waals surface area contributed by atoms with E-state index in [9.17, 15) is 0 Å². The van der Waals surface area contributed by atoms with Crippen LogP contribution < -0.4 is 20.5 Å². The second-order valence-corrected chi connectivity index (χ2v) is 4.68. The third kappa shape index (κ3) is 3.59. The van der Waals surface area contributed by atoms with Crippen LogP contribution in [0.1, 0.15) is 18.0 Å². The van der Waals surface area contributed by atoms with Crippen LogP contribution in [0.3, 0.4) is 0 Å². The number of ether oxygens (including phenoxy) is 3. The Morgan fingerprint density at radius 1 is 1.42 bits per heavy atom. The lowest BCUT2D eigenvalue weighted by molar-refractivity contribution is 0.0719. The number of hydrogen-bond donors (Lipinski definition) is 2. The summed E-state index contributed by atoms with van der Waals surface area (Å²) in [6.45, 7) is 2.36. The second-order valence-electron chi connectivity index (χ2n) is 4.68. The van der Waals surface area contributed by atoms with Gasteiger partial charge in [-0.15, -0.1) is 0 Å². The van der Waals surface area contributed by atoms with Crippen LogP contribution in [0.5, 0.6) is 11.5 Å². The summed E-state index contributed by atoms with van der Waals surface area (Å²) in [5.74, 6) is 1.59. The lowest BCUT2D eigenvalue weighted by atomic mass is 9.98. The molecule has 0 aromatic heterocycles. The van der Waals surface area contributed by atoms with Crippen molar-refractivity contribution in [3.05, 3.63) is 23.8 Å². The summed E-state index contributed by atoms with van der Waals surface area (Å²) in [5, 5.41) is 3.41. The minimum atomic E-state index is -0.107. The van der Waals surface area contributed by atoms with Crippen molar-refractivity contribution >= 4 is 0 Å². The second kappa shape index (κ2) is 6.75. The Labute approximate surface area is 114 Å². The number of nitrogens with one attached hydrogen (secondary N) is 1. The quantitative estimate of drug-likeness (QED) is 0.835. The zero-order chi connectivity index (χ0) is 13.7. The van der Waals surface area contributed by atoms with Gasteiger partial charge in [-0.3, -0.25) is 0 Å². The summed E-state index contributed by atoms with van der Waals surface area (Å²) in [6.07, 6.45) is 0.809. The molecule has 2 atom stereocenters. The Balaban J connectivity index is 2.09. The van der Waals surface area contributed by atoms with E-state index in [0.717, 1.165) is 36.6 Å². The van der Waals surface area contributed by atoms with Crippen molar-refractivity contribution in [3.8, 4) is 11.5 Å². The maximum Gasteiger partial charge on any atom is 0.123 e. The van der Waals surface area contributed by atoms with Crippen molar-refractivity contribution in [1.29, 1.82) is 0 Å². The van der Waals surface area contributed by atoms with Gasteiger partial charge >= 0.3 is 0 Å². The Morgan fingerprint density at radius 3 is 2.89 bits per heavy atom. The maximum absolute atomic E-state index is 6.29. The first-order chi connectivity index (χ1) is 9.24. The van der Waals surface area contributed by atoms with Gasteiger partial charge in [-0.1, -0.05) is 0 Å². The van der Waals surface area contributed by atoms with Crippen molar-refractivity contribution in [2.45, 2.75) is 18.5 Å². The monoisotopic (exact) mass is 266 g/mol. The predicted molar refractivity (Wildman–Crippen MR) is 73.7 cm³/mol. The molecule has 1 saturated heterocycles. The molecule has 0 saturated carbocycles. The first-order valence-corrected chi connectivity index (χ1v) is 6.53. The van der Waals surface area contributed by atoms with E-state index in [1.54, 1.807) is 14.2 Å². The van der Waals surface area contributed by atoms with Crippen molar-refractivity contribution in [3.63, 3.8) is 0 Å². The van der Waals surface area contributed by atoms with Crippen LogP contribution in [-0.2, 0) is 4.74 Å². The predicted octanol–water partition coefficient (Wildman–Crippen LogP) is 1.08. The van der Waals surface area contributed by atoms with Gasteiger partial charge in [-0.05, 0) is 24.6 Å². The van der Waals surface area contributed by atoms with Gasteiger partial charge in [0.2, 0.25) is 0 Å². The molecule has 19 heavy (non-hydrogen) atoms. The maximum atomic E-state index is 6.29. The summed E-state index contributed by atoms with van der Waals surface area (Å²) in [5.41, 5.74) is 7.26. The van der Waals surface area contributed by atoms with E-state index in [0.29, 0.717) is 12.6 Å². The van der Waals surface area contributed by atoms with Gasteiger partial charge in [0.1, 0.15) is 11.5 Å². The molecule has 1 aliphatic rings. The van der Waals surface area contributed by atoms with Crippen LogP contribution in [0.2, 0.25) is 0 Å². The van der Waals surface area contributed by atoms with Gasteiger partial charge in [-0.25, -0.2) is 0 Å². The molecule has 0 aliphatic carbocycles. The van der Waals surface area contributed by atoms with E-state index in [2.05, 4.69) is 5.32 Å². The first-order valence-electron chi connectivity index (χ1n) is 6.53. The molecule has 0 amide bonds. The van der Waals surface area contributed by atoms with E-state index in [4.69, 9.17) is 19.9 Å². The molecule has 3 N–H and O–H groups in total. The van der Waals surface area contributed by atoms with Crippen molar-refractivity contribution < 1.29 is 14.2 Å². The highest BCUT2D eigenvalue weighted by atomic mass is 16.5. The molecular formula is C14H22N2O3. The van der Waals surface area contributed by atoms with E-state index in [1.807, 2.05) is 18.2 Å². The zero-order valence-electron chi connectivity index (χ0n) is 11.5. The summed E-state index contributed by atoms with van der Waals surface area (Å²) in [7, 11) is 3.30. The largest absolute Gasteiger partial charge is 0.497 e. The minimum Gasteiger partial charge on any atom is -0.497 e. The van der Waals surface area contributed by atoms with Gasteiger partial charge in [-0.2, -0.15) is 0 Å². The Bertz CT molecular complexity index is 406. The highest BCUT2D eigenvalue weighted by Crippen LogP contribution is 2.30. The molecule has 106 valence electrons. The Morgan fingerprint density at radius 2 is 2.26 bits per heavy atom. The molecular weight excluding hydrogens is 244 g/mol. The van der Waals surface area contributed by atoms with Crippen molar-refractivity contribution in [2.24, 2.45) is 5.73 Å². The molecule has 5 nitrogen and oxygen atoms in total. The molecule has 5 heteroatoms. The molecule has 2 rings (SSSR count). The van der Waals surface area contributed by atoms with Gasteiger partial charge in [0, 0.05) is 24.2 Å². The van der Waals surface area contributed by atoms with Crippen LogP contribution in [-0.4, -0.2) is 40.0 Å². The third-order valence-corrected chi connectivity index (χ3v) is 3.37. The summed E-state index contributed by atoms with van der Waals surface area (Å²) >= 11 is 0. The SMILES string of the molecule is COc1ccc(OC)c(C(N)CC2COCCN2)c1. The smallest absolute Gasteiger partial charge is 0.123 e. The molecule has 1 aliphatic heterocycles. The molecule has 1 heterocycles. The number of benzene rings is 1. The molecule has 0 spiro atoms. The normalized spacial score (nSPS) is 20.9. The number of hydrogen-bond acceptors (Lipinski definition) is 5. The highest BCUT2D eigenvalue weighted by molar-refractivity contribution is 5.42. The lowest BCUT2D eigenvalue weighted by Gasteiger charge is -2.27. The van der Waals surface area contributed by atoms with Crippen molar-refractivity contribution in [1.82, 2.24) is 5.32 Å². The fourth-order valence-corrected chi connectivity index (χ4v) is 2.33. The number of rotatable bonds is 5. The van der Waals surface area contributed by atoms with Crippen molar-refractivity contribution in [2.75, 3.05) is 34.0 Å². The van der Waals surface area contributed by atoms with Crippen LogP contribution in [0.4, 0.5) is 0 Å². The first kappa shape index (κ1) is 14.1. The van der Waals surface area contributed by atoms with E-state index >= 15 is 0 Å². The third-order valence-electron chi connectivity index (χ3n) is 3.37. The molecule has 0 radical (unpaired) electrons. The van der Waals surface area contributed by atoms with Gasteiger partial charge in [0.15, 0.2) is 0 Å². The fraction of sp³-hybridized carbons (Fsp3) is 0.571. The topological polar surface area (TPSA) is 65.7 Å². The van der Waals surface area contributed by atoms with E-state index < -0.39 is 0 Å². The molecule has 0 bridgehead atoms. The average molecular weight is 266 g/mol. The van der Waals surface area contributed by atoms with E-state index in [1.165, 1.54) is 0 Å². The zero-order valence-corrected chi connectivity index (χ0v) is 11.5. The molecule has 1 aromatic rings. The Hall–Kier alpha value is -1.30. The van der Waals surface area contributed by atoms with Crippen LogP contribution in [0, 0.1) is 0 Å². The molecule has 1 fully saturated rings. The fourth-order valence-electron chi connectivity index (χ4n) is 2.33. The summed E-state index contributed by atoms with van der Waals surface area (Å²) < 4.78 is 16.1. The van der Waals surface area contributed by atoms with Gasteiger partial charge < -0.3 is 25.3 Å². The van der Waals surface area contributed by atoms with Gasteiger partial charge in [0.05, 0.1) is 27.4 Å². The number of nitrogens with two attached hydrogens (primary N) is 1. The number of morpholine rings is 1. The summed E-state index contributed by atoms with van der Waals surface area (Å²) in [6, 6.07) is 5.88. The Kier molecular flexibility index (Phi) is 5.01. The average Bonchev–Trinajstić information content (AvgIpc) is 2.47. The van der Waals surface area contributed by atoms with Crippen LogP contribution in [0.25, 0.3) is 0 Å². The molecule has 2 unspecified atom stereocenters. The van der Waals surface area contributed by atoms with E-state index in [-0.39, 0.29) is 6.04 Å². The van der Waals surface area contributed by atoms with Crippen LogP contribution >= 0.6 is 0 Å². The standard InChI is InChI=1S/C14H22N2O3/c1-17-11-3-4-14(18-2)12(8-11)13(15)7-10-9-19-6-5-16-10/h3-4,8,10,13,16H,5-7,9,15H2,1-2H3. The lowest BCUT2D eigenvalue weighted by Crippen LogP contribution is -2.42. The number of methoxy groups -OCH3 is 2. The van der Waals surface area contributed by atoms with Crippen LogP contribution in [0.15, 0.2) is 18.2 Å².